The average Bonchev–Trinajstić information content (AvgIpc) is 2.12. The van der Waals surface area contributed by atoms with E-state index < -0.39 is 0 Å². The van der Waals surface area contributed by atoms with E-state index in [0.29, 0.717) is 0 Å². The molecule has 1 nitrogen and oxygen atoms in total. The van der Waals surface area contributed by atoms with Gasteiger partial charge in [0.05, 0.1) is 5.92 Å². The number of ether oxygens (including phenoxy) is 1. The van der Waals surface area contributed by atoms with Gasteiger partial charge in [-0.05, 0) is 6.42 Å². The first-order valence-electron chi connectivity index (χ1n) is 2.35. The highest BCUT2D eigenvalue weighted by Gasteiger charge is 2.53. The lowest BCUT2D eigenvalue weighted by molar-refractivity contribution is 0.317. The fourth-order valence-corrected chi connectivity index (χ4v) is 0.773. The summed E-state index contributed by atoms with van der Waals surface area (Å²) >= 11 is 0. The molecule has 1 aliphatic carbocycles. The van der Waals surface area contributed by atoms with Crippen LogP contribution in [0, 0.1) is 5.92 Å². The molecule has 0 atom stereocenters. The second-order valence-corrected chi connectivity index (χ2v) is 1.79. The Morgan fingerprint density at radius 1 is 1.67 bits per heavy atom. The summed E-state index contributed by atoms with van der Waals surface area (Å²) in [6, 6.07) is 0. The lowest BCUT2D eigenvalue weighted by Gasteiger charge is -1.96. The highest BCUT2D eigenvalue weighted by Crippen LogP contribution is 2.58. The van der Waals surface area contributed by atoms with Crippen LogP contribution in [0.2, 0.25) is 0 Å². The van der Waals surface area contributed by atoms with Crippen LogP contribution in [0.4, 0.5) is 0 Å². The zero-order valence-electron chi connectivity index (χ0n) is 3.69. The van der Waals surface area contributed by atoms with E-state index in [1.165, 1.54) is 17.9 Å². The Hall–Kier alpha value is -0.460. The van der Waals surface area contributed by atoms with Gasteiger partial charge in [0.2, 0.25) is 0 Å². The minimum atomic E-state index is 0.810. The third-order valence-corrected chi connectivity index (χ3v) is 1.38. The molecule has 0 aromatic rings. The van der Waals surface area contributed by atoms with Crippen molar-refractivity contribution >= 4 is 0 Å². The van der Waals surface area contributed by atoms with Crippen molar-refractivity contribution in [3.63, 3.8) is 0 Å². The predicted octanol–water partition coefficient (Wildman–Crippen LogP) is 1.27. The Morgan fingerprint density at radius 3 is 2.33 bits per heavy atom. The molecule has 32 valence electrons. The van der Waals surface area contributed by atoms with Gasteiger partial charge in [0.25, 0.3) is 0 Å². The van der Waals surface area contributed by atoms with Crippen molar-refractivity contribution in [3.05, 3.63) is 11.5 Å². The molecular formula is C5H6O. The zero-order valence-corrected chi connectivity index (χ0v) is 3.69. The molecule has 0 aromatic heterocycles. The summed E-state index contributed by atoms with van der Waals surface area (Å²) in [5.41, 5.74) is 0. The average molecular weight is 82.1 g/mol. The third kappa shape index (κ3) is 0.125. The molecule has 0 saturated heterocycles. The van der Waals surface area contributed by atoms with Crippen molar-refractivity contribution in [2.75, 3.05) is 0 Å². The Balaban J connectivity index is 1.98. The quantitative estimate of drug-likeness (QED) is 0.464. The largest absolute Gasteiger partial charge is 0.457 e. The molecule has 0 aromatic carbocycles. The van der Waals surface area contributed by atoms with Crippen LogP contribution in [0.3, 0.4) is 0 Å². The Labute approximate surface area is 36.6 Å². The van der Waals surface area contributed by atoms with Crippen LogP contribution in [0.1, 0.15) is 13.3 Å². The second-order valence-electron chi connectivity index (χ2n) is 1.79. The molecule has 1 heteroatoms. The summed E-state index contributed by atoms with van der Waals surface area (Å²) in [6.07, 6.45) is 1.25. The van der Waals surface area contributed by atoms with Crippen molar-refractivity contribution < 1.29 is 4.74 Å². The zero-order chi connectivity index (χ0) is 4.15. The summed E-state index contributed by atoms with van der Waals surface area (Å²) in [6.45, 7) is 2.18. The fourth-order valence-electron chi connectivity index (χ4n) is 0.773. The third-order valence-electron chi connectivity index (χ3n) is 1.38. The molecule has 2 rings (SSSR count). The van der Waals surface area contributed by atoms with E-state index in [2.05, 4.69) is 6.92 Å². The summed E-state index contributed by atoms with van der Waals surface area (Å²) < 4.78 is 4.84. The lowest BCUT2D eigenvalue weighted by atomic mass is 10.2. The Bertz CT molecular complexity index is 112. The van der Waals surface area contributed by atoms with Gasteiger partial charge >= 0.3 is 0 Å². The number of hydrogen-bond acceptors (Lipinski definition) is 1. The minimum absolute atomic E-state index is 0.810. The van der Waals surface area contributed by atoms with Crippen LogP contribution in [-0.2, 0) is 4.74 Å². The van der Waals surface area contributed by atoms with Crippen LogP contribution >= 0.6 is 0 Å². The first-order chi connectivity index (χ1) is 2.93. The second kappa shape index (κ2) is 0.512. The standard InChI is InChI=1S/C5H6O/c1-2-3-4-5(3)6-4/h3H,2H2,1H3. The van der Waals surface area contributed by atoms with E-state index in [1.54, 1.807) is 0 Å². The van der Waals surface area contributed by atoms with Gasteiger partial charge in [-0.25, -0.2) is 0 Å². The van der Waals surface area contributed by atoms with Crippen LogP contribution in [0.25, 0.3) is 0 Å². The van der Waals surface area contributed by atoms with Crippen molar-refractivity contribution in [1.29, 1.82) is 0 Å². The highest BCUT2D eigenvalue weighted by atomic mass is 16.6. The molecule has 0 fully saturated rings. The molecule has 0 saturated carbocycles. The highest BCUT2D eigenvalue weighted by molar-refractivity contribution is 5.44. The summed E-state index contributed by atoms with van der Waals surface area (Å²) in [7, 11) is 0. The SMILES string of the molecule is CCC1C2=C1O2. The first kappa shape index (κ1) is 2.67. The predicted molar refractivity (Wildman–Crippen MR) is 21.9 cm³/mol. The van der Waals surface area contributed by atoms with Crippen molar-refractivity contribution in [2.45, 2.75) is 13.3 Å². The molecular weight excluding hydrogens is 76.1 g/mol. The van der Waals surface area contributed by atoms with E-state index in [1.807, 2.05) is 0 Å². The van der Waals surface area contributed by atoms with Gasteiger partial charge in [0.1, 0.15) is 0 Å². The molecule has 1 heterocycles. The lowest BCUT2D eigenvalue weighted by Crippen LogP contribution is -1.88. The summed E-state index contributed by atoms with van der Waals surface area (Å²) in [5.74, 6) is 3.39. The molecule has 6 heavy (non-hydrogen) atoms. The molecule has 0 radical (unpaired) electrons. The van der Waals surface area contributed by atoms with Crippen LogP contribution in [0.15, 0.2) is 11.5 Å². The molecule has 0 N–H and O–H groups in total. The molecule has 0 spiro atoms. The molecule has 2 aliphatic rings. The molecule has 0 unspecified atom stereocenters. The Morgan fingerprint density at radius 2 is 2.33 bits per heavy atom. The van der Waals surface area contributed by atoms with E-state index in [-0.39, 0.29) is 0 Å². The van der Waals surface area contributed by atoms with Crippen molar-refractivity contribution in [2.24, 2.45) is 5.92 Å². The van der Waals surface area contributed by atoms with E-state index in [4.69, 9.17) is 4.74 Å². The molecule has 0 bridgehead atoms. The van der Waals surface area contributed by atoms with Gasteiger partial charge in [0.15, 0.2) is 11.5 Å². The Kier molecular flexibility index (Phi) is 0.228. The van der Waals surface area contributed by atoms with Gasteiger partial charge < -0.3 is 4.74 Å². The number of rotatable bonds is 1. The normalized spacial score (nSPS) is 26.2. The molecule has 0 amide bonds. The smallest absolute Gasteiger partial charge is 0.153 e. The number of hydrogen-bond donors (Lipinski definition) is 0. The fraction of sp³-hybridized carbons (Fsp3) is 0.600. The number of allylic oxidation sites excluding steroid dienone is 2. The van der Waals surface area contributed by atoms with E-state index >= 15 is 0 Å². The van der Waals surface area contributed by atoms with Gasteiger partial charge in [0, 0.05) is 0 Å². The summed E-state index contributed by atoms with van der Waals surface area (Å²) in [4.78, 5) is 0. The van der Waals surface area contributed by atoms with Gasteiger partial charge in [-0.2, -0.15) is 0 Å². The van der Waals surface area contributed by atoms with Crippen molar-refractivity contribution in [3.8, 4) is 0 Å². The van der Waals surface area contributed by atoms with Crippen LogP contribution < -0.4 is 0 Å². The van der Waals surface area contributed by atoms with Gasteiger partial charge in [-0.15, -0.1) is 0 Å². The minimum Gasteiger partial charge on any atom is -0.457 e. The van der Waals surface area contributed by atoms with Gasteiger partial charge in [-0.1, -0.05) is 6.92 Å². The van der Waals surface area contributed by atoms with E-state index in [9.17, 15) is 0 Å². The van der Waals surface area contributed by atoms with E-state index in [0.717, 1.165) is 5.92 Å². The van der Waals surface area contributed by atoms with Gasteiger partial charge in [-0.3, -0.25) is 0 Å². The summed E-state index contributed by atoms with van der Waals surface area (Å²) in [5, 5.41) is 0. The maximum atomic E-state index is 4.84. The van der Waals surface area contributed by atoms with Crippen LogP contribution in [0.5, 0.6) is 0 Å². The van der Waals surface area contributed by atoms with Crippen LogP contribution in [-0.4, -0.2) is 0 Å². The first-order valence-corrected chi connectivity index (χ1v) is 2.35. The monoisotopic (exact) mass is 82.0 g/mol. The maximum absolute atomic E-state index is 4.84. The maximum Gasteiger partial charge on any atom is 0.153 e. The topological polar surface area (TPSA) is 12.5 Å². The molecule has 1 aliphatic heterocycles. The van der Waals surface area contributed by atoms with Crippen molar-refractivity contribution in [1.82, 2.24) is 0 Å².